The SMILES string of the molecule is CCC(=S)C(C)(C(=O)OC)C1CC(=O)N1C(Cl)C(=O)OCc1ccc([N+](=O)[O-])cc1. The van der Waals surface area contributed by atoms with Gasteiger partial charge in [0.1, 0.15) is 12.0 Å². The topological polar surface area (TPSA) is 116 Å². The maximum atomic E-state index is 12.4. The van der Waals surface area contributed by atoms with Gasteiger partial charge in [-0.1, -0.05) is 30.7 Å². The van der Waals surface area contributed by atoms with Crippen LogP contribution in [0.15, 0.2) is 24.3 Å². The summed E-state index contributed by atoms with van der Waals surface area (Å²) in [5.41, 5.74) is -2.34. The Balaban J connectivity index is 2.11. The first-order valence-electron chi connectivity index (χ1n) is 9.04. The van der Waals surface area contributed by atoms with Crippen LogP contribution in [0.5, 0.6) is 0 Å². The standard InChI is InChI=1S/C19H21ClN2O7S/c1-4-14(30)19(2,18(25)28-3)13-9-15(23)21(13)16(20)17(24)29-10-11-5-7-12(8-6-11)22(26)27/h5-8,13,16H,4,9-10H2,1-3H3. The smallest absolute Gasteiger partial charge is 0.344 e. The van der Waals surface area contributed by atoms with Crippen molar-refractivity contribution in [3.05, 3.63) is 39.9 Å². The summed E-state index contributed by atoms with van der Waals surface area (Å²) >= 11 is 11.6. The second-order valence-corrected chi connectivity index (χ2v) is 7.76. The van der Waals surface area contributed by atoms with E-state index < -0.39 is 39.7 Å². The number of rotatable bonds is 9. The molecule has 0 saturated carbocycles. The molecule has 0 bridgehead atoms. The quantitative estimate of drug-likeness (QED) is 0.106. The number of methoxy groups -OCH3 is 1. The van der Waals surface area contributed by atoms with Gasteiger partial charge in [-0.15, -0.1) is 0 Å². The van der Waals surface area contributed by atoms with Gasteiger partial charge in [-0.3, -0.25) is 19.7 Å². The molecule has 0 spiro atoms. The Bertz CT molecular complexity index is 858. The summed E-state index contributed by atoms with van der Waals surface area (Å²) in [6, 6.07) is 4.72. The van der Waals surface area contributed by atoms with Gasteiger partial charge >= 0.3 is 11.9 Å². The maximum absolute atomic E-state index is 12.4. The molecule has 9 nitrogen and oxygen atoms in total. The number of nitro groups is 1. The van der Waals surface area contributed by atoms with Crippen LogP contribution in [0.1, 0.15) is 32.3 Å². The second-order valence-electron chi connectivity index (χ2n) is 6.86. The van der Waals surface area contributed by atoms with E-state index >= 15 is 0 Å². The van der Waals surface area contributed by atoms with Crippen LogP contribution in [0.3, 0.4) is 0 Å². The van der Waals surface area contributed by atoms with Crippen LogP contribution in [-0.2, 0) is 30.5 Å². The number of nitro benzene ring substituents is 1. The van der Waals surface area contributed by atoms with Gasteiger partial charge in [0.2, 0.25) is 11.4 Å². The number of halogens is 1. The highest BCUT2D eigenvalue weighted by Gasteiger charge is 2.57. The van der Waals surface area contributed by atoms with E-state index in [1.54, 1.807) is 13.8 Å². The zero-order valence-corrected chi connectivity index (χ0v) is 18.2. The molecule has 1 saturated heterocycles. The molecular formula is C19H21ClN2O7S. The number of esters is 2. The van der Waals surface area contributed by atoms with Crippen molar-refractivity contribution in [1.29, 1.82) is 0 Å². The zero-order valence-electron chi connectivity index (χ0n) is 16.6. The van der Waals surface area contributed by atoms with Crippen molar-refractivity contribution in [1.82, 2.24) is 4.90 Å². The van der Waals surface area contributed by atoms with Crippen molar-refractivity contribution in [2.75, 3.05) is 7.11 Å². The molecule has 1 amide bonds. The first-order chi connectivity index (χ1) is 14.1. The first-order valence-corrected chi connectivity index (χ1v) is 9.89. The first kappa shape index (κ1) is 23.7. The van der Waals surface area contributed by atoms with Gasteiger partial charge < -0.3 is 14.4 Å². The normalized spacial score (nSPS) is 18.6. The van der Waals surface area contributed by atoms with Crippen molar-refractivity contribution >= 4 is 52.2 Å². The summed E-state index contributed by atoms with van der Waals surface area (Å²) in [6.07, 6.45) is 0.390. The average molecular weight is 457 g/mol. The van der Waals surface area contributed by atoms with Crippen LogP contribution in [0.2, 0.25) is 0 Å². The lowest BCUT2D eigenvalue weighted by Crippen LogP contribution is -2.67. The number of non-ortho nitro benzene ring substituents is 1. The number of nitrogens with zero attached hydrogens (tertiary/aromatic N) is 2. The molecule has 0 aromatic heterocycles. The van der Waals surface area contributed by atoms with E-state index in [2.05, 4.69) is 0 Å². The Hall–Kier alpha value is -2.59. The molecule has 1 aromatic rings. The summed E-state index contributed by atoms with van der Waals surface area (Å²) in [5, 5.41) is 10.7. The molecule has 1 heterocycles. The van der Waals surface area contributed by atoms with Gasteiger partial charge in [-0.2, -0.15) is 0 Å². The lowest BCUT2D eigenvalue weighted by Gasteiger charge is -2.50. The summed E-state index contributed by atoms with van der Waals surface area (Å²) in [5.74, 6) is -1.91. The molecule has 0 aliphatic carbocycles. The molecule has 11 heteroatoms. The average Bonchev–Trinajstić information content (AvgIpc) is 2.73. The van der Waals surface area contributed by atoms with Crippen LogP contribution >= 0.6 is 23.8 Å². The number of amides is 1. The number of ether oxygens (including phenoxy) is 2. The lowest BCUT2D eigenvalue weighted by atomic mass is 9.72. The van der Waals surface area contributed by atoms with Gasteiger partial charge in [-0.05, 0) is 31.0 Å². The van der Waals surface area contributed by atoms with E-state index in [4.69, 9.17) is 33.3 Å². The number of carbonyl (C=O) groups is 3. The third-order valence-corrected chi connectivity index (χ3v) is 6.24. The van der Waals surface area contributed by atoms with Crippen molar-refractivity contribution in [3.8, 4) is 0 Å². The van der Waals surface area contributed by atoms with E-state index in [0.29, 0.717) is 16.8 Å². The minimum absolute atomic E-state index is 0.00933. The van der Waals surface area contributed by atoms with Crippen LogP contribution in [0.4, 0.5) is 5.69 Å². The predicted molar refractivity (Wildman–Crippen MR) is 111 cm³/mol. The Labute approximate surface area is 183 Å². The molecule has 2 rings (SSSR count). The summed E-state index contributed by atoms with van der Waals surface area (Å²) in [6.45, 7) is 3.17. The van der Waals surface area contributed by atoms with Gasteiger partial charge in [-0.25, -0.2) is 4.79 Å². The van der Waals surface area contributed by atoms with Gasteiger partial charge in [0.15, 0.2) is 0 Å². The number of carbonyl (C=O) groups excluding carboxylic acids is 3. The monoisotopic (exact) mass is 456 g/mol. The highest BCUT2D eigenvalue weighted by atomic mass is 35.5. The Kier molecular flexibility index (Phi) is 7.49. The summed E-state index contributed by atoms with van der Waals surface area (Å²) < 4.78 is 10.0. The fraction of sp³-hybridized carbons (Fsp3) is 0.474. The molecule has 1 fully saturated rings. The number of hydrogen-bond donors (Lipinski definition) is 0. The van der Waals surface area contributed by atoms with E-state index in [1.165, 1.54) is 31.4 Å². The molecule has 1 aliphatic heterocycles. The van der Waals surface area contributed by atoms with Gasteiger partial charge in [0.05, 0.1) is 18.1 Å². The van der Waals surface area contributed by atoms with E-state index in [9.17, 15) is 24.5 Å². The molecule has 3 unspecified atom stereocenters. The number of alkyl halides is 1. The maximum Gasteiger partial charge on any atom is 0.344 e. The molecule has 162 valence electrons. The van der Waals surface area contributed by atoms with E-state index in [1.807, 2.05) is 0 Å². The van der Waals surface area contributed by atoms with Crippen LogP contribution in [0.25, 0.3) is 0 Å². The largest absolute Gasteiger partial charge is 0.468 e. The summed E-state index contributed by atoms with van der Waals surface area (Å²) in [4.78, 5) is 48.7. The Morgan fingerprint density at radius 3 is 2.47 bits per heavy atom. The van der Waals surface area contributed by atoms with Crippen molar-refractivity contribution in [3.63, 3.8) is 0 Å². The molecule has 1 aliphatic rings. The third-order valence-electron chi connectivity index (χ3n) is 5.13. The molecule has 3 atom stereocenters. The molecule has 0 radical (unpaired) electrons. The zero-order chi connectivity index (χ0) is 22.6. The molecule has 30 heavy (non-hydrogen) atoms. The van der Waals surface area contributed by atoms with Crippen LogP contribution in [-0.4, -0.2) is 51.2 Å². The Morgan fingerprint density at radius 2 is 2.00 bits per heavy atom. The summed E-state index contributed by atoms with van der Waals surface area (Å²) in [7, 11) is 1.22. The number of β-lactam (4-membered cyclic amide) rings is 1. The van der Waals surface area contributed by atoms with Gasteiger partial charge in [0, 0.05) is 23.4 Å². The fourth-order valence-corrected chi connectivity index (χ4v) is 3.79. The van der Waals surface area contributed by atoms with Crippen molar-refractivity contribution in [2.24, 2.45) is 5.41 Å². The van der Waals surface area contributed by atoms with Crippen LogP contribution in [0, 0.1) is 15.5 Å². The van der Waals surface area contributed by atoms with E-state index in [0.717, 1.165) is 4.90 Å². The van der Waals surface area contributed by atoms with Crippen LogP contribution < -0.4 is 0 Å². The highest BCUT2D eigenvalue weighted by Crippen LogP contribution is 2.41. The number of thiocarbonyl (C=S) groups is 1. The number of likely N-dealkylation sites (tertiary alicyclic amines) is 1. The highest BCUT2D eigenvalue weighted by molar-refractivity contribution is 7.80. The third kappa shape index (κ3) is 4.44. The minimum atomic E-state index is -1.46. The van der Waals surface area contributed by atoms with Crippen molar-refractivity contribution in [2.45, 2.75) is 44.8 Å². The molecule has 1 aromatic carbocycles. The van der Waals surface area contributed by atoms with Crippen molar-refractivity contribution < 1.29 is 28.8 Å². The van der Waals surface area contributed by atoms with Gasteiger partial charge in [0.25, 0.3) is 5.69 Å². The minimum Gasteiger partial charge on any atom is -0.468 e. The lowest BCUT2D eigenvalue weighted by molar-refractivity contribution is -0.384. The van der Waals surface area contributed by atoms with E-state index in [-0.39, 0.29) is 18.7 Å². The number of hydrogen-bond acceptors (Lipinski definition) is 8. The number of benzene rings is 1. The molecule has 0 N–H and O–H groups in total. The molecular weight excluding hydrogens is 436 g/mol. The predicted octanol–water partition coefficient (Wildman–Crippen LogP) is 2.76. The second kappa shape index (κ2) is 9.48. The Morgan fingerprint density at radius 1 is 1.40 bits per heavy atom. The fourth-order valence-electron chi connectivity index (χ4n) is 3.26.